The van der Waals surface area contributed by atoms with Crippen molar-refractivity contribution in [3.63, 3.8) is 0 Å². The number of esters is 1. The summed E-state index contributed by atoms with van der Waals surface area (Å²) in [7, 11) is -4.23. The summed E-state index contributed by atoms with van der Waals surface area (Å²) in [5.41, 5.74) is 6.23. The summed E-state index contributed by atoms with van der Waals surface area (Å²) >= 11 is 12.5. The second-order valence-electron chi connectivity index (χ2n) is 5.89. The van der Waals surface area contributed by atoms with Gasteiger partial charge < -0.3 is 10.5 Å². The molecule has 2 aromatic carbocycles. The summed E-state index contributed by atoms with van der Waals surface area (Å²) in [6.45, 7) is 2.15. The minimum Gasteiger partial charge on any atom is -0.462 e. The van der Waals surface area contributed by atoms with Crippen molar-refractivity contribution in [3.8, 4) is 11.1 Å². The first-order valence-electron chi connectivity index (χ1n) is 8.25. The SMILES string of the molecule is CCCCCOC(=O)c1c(S(N)(=O)=O)ccc(N)c1-c1c(Cl)cccc1Cl. The third-order valence-corrected chi connectivity index (χ3v) is 5.49. The highest BCUT2D eigenvalue weighted by Crippen LogP contribution is 2.42. The lowest BCUT2D eigenvalue weighted by Gasteiger charge is -2.17. The van der Waals surface area contributed by atoms with E-state index in [4.69, 9.17) is 38.8 Å². The van der Waals surface area contributed by atoms with Gasteiger partial charge in [-0.05, 0) is 30.7 Å². The number of hydrogen-bond acceptors (Lipinski definition) is 5. The molecule has 0 aliphatic rings. The first kappa shape index (κ1) is 21.5. The van der Waals surface area contributed by atoms with Crippen LogP contribution in [0.1, 0.15) is 36.5 Å². The number of carbonyl (C=O) groups is 1. The van der Waals surface area contributed by atoms with Crippen molar-refractivity contribution < 1.29 is 17.9 Å². The molecule has 0 saturated carbocycles. The summed E-state index contributed by atoms with van der Waals surface area (Å²) in [4.78, 5) is 12.4. The molecule has 0 radical (unpaired) electrons. The van der Waals surface area contributed by atoms with Crippen LogP contribution in [0.4, 0.5) is 5.69 Å². The van der Waals surface area contributed by atoms with E-state index in [2.05, 4.69) is 0 Å². The zero-order valence-electron chi connectivity index (χ0n) is 14.7. The van der Waals surface area contributed by atoms with Gasteiger partial charge >= 0.3 is 5.97 Å². The highest BCUT2D eigenvalue weighted by molar-refractivity contribution is 7.89. The van der Waals surface area contributed by atoms with Crippen molar-refractivity contribution in [1.82, 2.24) is 0 Å². The van der Waals surface area contributed by atoms with Gasteiger partial charge in [-0.2, -0.15) is 0 Å². The topological polar surface area (TPSA) is 112 Å². The summed E-state index contributed by atoms with van der Waals surface area (Å²) in [6, 6.07) is 7.24. The van der Waals surface area contributed by atoms with Gasteiger partial charge in [-0.1, -0.05) is 49.0 Å². The molecule has 0 aliphatic heterocycles. The molecule has 0 heterocycles. The van der Waals surface area contributed by atoms with Crippen LogP contribution in [-0.4, -0.2) is 21.0 Å². The molecule has 6 nitrogen and oxygen atoms in total. The Labute approximate surface area is 168 Å². The lowest BCUT2D eigenvalue weighted by molar-refractivity contribution is 0.0494. The first-order valence-corrected chi connectivity index (χ1v) is 10.6. The Bertz CT molecular complexity index is 942. The molecule has 0 bridgehead atoms. The maximum Gasteiger partial charge on any atom is 0.340 e. The van der Waals surface area contributed by atoms with Crippen LogP contribution in [0.15, 0.2) is 35.2 Å². The van der Waals surface area contributed by atoms with Gasteiger partial charge in [0.15, 0.2) is 0 Å². The van der Waals surface area contributed by atoms with Crippen LogP contribution in [0.2, 0.25) is 10.0 Å². The van der Waals surface area contributed by atoms with Gasteiger partial charge in [0, 0.05) is 26.9 Å². The molecule has 0 amide bonds. The van der Waals surface area contributed by atoms with Gasteiger partial charge in [0.25, 0.3) is 0 Å². The van der Waals surface area contributed by atoms with E-state index in [1.165, 1.54) is 12.1 Å². The van der Waals surface area contributed by atoms with Crippen LogP contribution in [0, 0.1) is 0 Å². The van der Waals surface area contributed by atoms with E-state index in [1.807, 2.05) is 6.92 Å². The number of benzene rings is 2. The molecule has 2 aromatic rings. The zero-order valence-corrected chi connectivity index (χ0v) is 17.0. The third kappa shape index (κ3) is 4.93. The van der Waals surface area contributed by atoms with Gasteiger partial charge in [0.05, 0.1) is 17.1 Å². The monoisotopic (exact) mass is 430 g/mol. The maximum absolute atomic E-state index is 12.8. The number of ether oxygens (including phenoxy) is 1. The molecule has 2 rings (SSSR count). The van der Waals surface area contributed by atoms with Gasteiger partial charge in [0.1, 0.15) is 0 Å². The molecule has 0 spiro atoms. The van der Waals surface area contributed by atoms with E-state index in [0.717, 1.165) is 12.8 Å². The van der Waals surface area contributed by atoms with Gasteiger partial charge in [-0.15, -0.1) is 0 Å². The number of nitrogen functional groups attached to an aromatic ring is 1. The number of anilines is 1. The Balaban J connectivity index is 2.71. The quantitative estimate of drug-likeness (QED) is 0.387. The van der Waals surface area contributed by atoms with Crippen molar-refractivity contribution in [2.75, 3.05) is 12.3 Å². The smallest absolute Gasteiger partial charge is 0.340 e. The van der Waals surface area contributed by atoms with Crippen LogP contribution in [0.25, 0.3) is 11.1 Å². The molecule has 0 fully saturated rings. The molecule has 0 saturated heterocycles. The Morgan fingerprint density at radius 1 is 1.07 bits per heavy atom. The largest absolute Gasteiger partial charge is 0.462 e. The van der Waals surface area contributed by atoms with Crippen molar-refractivity contribution in [2.24, 2.45) is 5.14 Å². The molecule has 146 valence electrons. The minimum atomic E-state index is -4.23. The van der Waals surface area contributed by atoms with E-state index in [1.54, 1.807) is 18.2 Å². The molecule has 4 N–H and O–H groups in total. The molecule has 0 aromatic heterocycles. The average Bonchev–Trinajstić information content (AvgIpc) is 2.58. The van der Waals surface area contributed by atoms with Crippen LogP contribution >= 0.6 is 23.2 Å². The van der Waals surface area contributed by atoms with Crippen LogP contribution in [0.3, 0.4) is 0 Å². The van der Waals surface area contributed by atoms with Crippen LogP contribution in [-0.2, 0) is 14.8 Å². The summed E-state index contributed by atoms with van der Waals surface area (Å²) in [6.07, 6.45) is 2.46. The molecule has 27 heavy (non-hydrogen) atoms. The number of rotatable bonds is 7. The summed E-state index contributed by atoms with van der Waals surface area (Å²) < 4.78 is 29.4. The Hall–Kier alpha value is -1.80. The van der Waals surface area contributed by atoms with Gasteiger partial charge in [-0.25, -0.2) is 18.4 Å². The van der Waals surface area contributed by atoms with E-state index in [9.17, 15) is 13.2 Å². The molecule has 9 heteroatoms. The Kier molecular flexibility index (Phi) is 7.11. The second-order valence-corrected chi connectivity index (χ2v) is 8.23. The van der Waals surface area contributed by atoms with Crippen molar-refractivity contribution in [3.05, 3.63) is 45.9 Å². The normalized spacial score (nSPS) is 11.4. The minimum absolute atomic E-state index is 0.0811. The first-order chi connectivity index (χ1) is 12.7. The number of nitrogens with two attached hydrogens (primary N) is 2. The van der Waals surface area contributed by atoms with E-state index >= 15 is 0 Å². The second kappa shape index (κ2) is 8.93. The van der Waals surface area contributed by atoms with Crippen LogP contribution in [0.5, 0.6) is 0 Å². The molecular weight excluding hydrogens is 411 g/mol. The van der Waals surface area contributed by atoms with E-state index in [0.29, 0.717) is 6.42 Å². The van der Waals surface area contributed by atoms with Crippen LogP contribution < -0.4 is 10.9 Å². The highest BCUT2D eigenvalue weighted by atomic mass is 35.5. The number of unbranched alkanes of at least 4 members (excludes halogenated alkanes) is 2. The molecule has 0 unspecified atom stereocenters. The fraction of sp³-hybridized carbons (Fsp3) is 0.278. The van der Waals surface area contributed by atoms with Crippen molar-refractivity contribution >= 4 is 44.9 Å². The van der Waals surface area contributed by atoms with Gasteiger partial charge in [-0.3, -0.25) is 0 Å². The maximum atomic E-state index is 12.8. The third-order valence-electron chi connectivity index (χ3n) is 3.90. The van der Waals surface area contributed by atoms with E-state index in [-0.39, 0.29) is 39.0 Å². The Morgan fingerprint density at radius 2 is 1.70 bits per heavy atom. The molecular formula is C18H20Cl2N2O4S. The molecule has 0 atom stereocenters. The lowest BCUT2D eigenvalue weighted by Crippen LogP contribution is -2.20. The van der Waals surface area contributed by atoms with Gasteiger partial charge in [0.2, 0.25) is 10.0 Å². The van der Waals surface area contributed by atoms with E-state index < -0.39 is 20.9 Å². The fourth-order valence-electron chi connectivity index (χ4n) is 2.63. The zero-order chi connectivity index (χ0) is 20.2. The summed E-state index contributed by atoms with van der Waals surface area (Å²) in [5.74, 6) is -0.853. The number of carbonyl (C=O) groups excluding carboxylic acids is 1. The standard InChI is InChI=1S/C18H20Cl2N2O4S/c1-2-3-4-10-26-18(23)17-14(27(22,24)25)9-8-13(21)16(17)15-11(19)6-5-7-12(15)20/h5-9H,2-4,10,21H2,1H3,(H2,22,24,25). The molecule has 0 aliphatic carbocycles. The Morgan fingerprint density at radius 3 is 2.26 bits per heavy atom. The average molecular weight is 431 g/mol. The number of primary sulfonamides is 1. The predicted octanol–water partition coefficient (Wildman–Crippen LogP) is 4.24. The lowest BCUT2D eigenvalue weighted by atomic mass is 9.97. The highest BCUT2D eigenvalue weighted by Gasteiger charge is 2.28. The summed E-state index contributed by atoms with van der Waals surface area (Å²) in [5, 5.41) is 5.72. The number of sulfonamides is 1. The fourth-order valence-corrected chi connectivity index (χ4v) is 3.95. The number of halogens is 2. The van der Waals surface area contributed by atoms with Crippen molar-refractivity contribution in [2.45, 2.75) is 31.1 Å². The predicted molar refractivity (Wildman–Crippen MR) is 107 cm³/mol. The number of hydrogen-bond donors (Lipinski definition) is 2. The van der Waals surface area contributed by atoms with Crippen molar-refractivity contribution in [1.29, 1.82) is 0 Å².